The molecule has 1 unspecified atom stereocenters. The Morgan fingerprint density at radius 3 is 2.67 bits per heavy atom. The van der Waals surface area contributed by atoms with E-state index < -0.39 is 12.0 Å². The molecule has 0 saturated carbocycles. The van der Waals surface area contributed by atoms with E-state index in [1.807, 2.05) is 24.3 Å². The van der Waals surface area contributed by atoms with E-state index in [0.717, 1.165) is 11.3 Å². The molecule has 18 heavy (non-hydrogen) atoms. The summed E-state index contributed by atoms with van der Waals surface area (Å²) in [6.07, 6.45) is 3.39. The van der Waals surface area contributed by atoms with Gasteiger partial charge in [-0.25, -0.2) is 0 Å². The van der Waals surface area contributed by atoms with E-state index in [-0.39, 0.29) is 0 Å². The van der Waals surface area contributed by atoms with Crippen LogP contribution in [0.5, 0.6) is 0 Å². The highest BCUT2D eigenvalue weighted by Crippen LogP contribution is 2.15. The predicted octanol–water partition coefficient (Wildman–Crippen LogP) is -0.0628. The van der Waals surface area contributed by atoms with Gasteiger partial charge in [-0.3, -0.25) is 4.79 Å². The average molecular weight is 247 g/mol. The molecule has 0 radical (unpaired) electrons. The van der Waals surface area contributed by atoms with Crippen molar-refractivity contribution in [2.75, 3.05) is 5.12 Å². The molecular formula is C11H13N5O2. The third-order valence-electron chi connectivity index (χ3n) is 2.43. The monoisotopic (exact) mass is 247 g/mol. The molecule has 1 aromatic carbocycles. The number of hydrogen-bond acceptors (Lipinski definition) is 6. The normalized spacial score (nSPS) is 15.3. The van der Waals surface area contributed by atoms with Gasteiger partial charge in [0, 0.05) is 0 Å². The van der Waals surface area contributed by atoms with Gasteiger partial charge in [-0.2, -0.15) is 20.9 Å². The molecule has 7 nitrogen and oxygen atoms in total. The molecule has 1 aliphatic heterocycles. The van der Waals surface area contributed by atoms with Crippen LogP contribution in [0, 0.1) is 0 Å². The maximum Gasteiger partial charge on any atom is 0.320 e. The molecule has 0 saturated heterocycles. The van der Waals surface area contributed by atoms with Crippen LogP contribution in [0.15, 0.2) is 34.5 Å². The Morgan fingerprint density at radius 2 is 2.11 bits per heavy atom. The van der Waals surface area contributed by atoms with Gasteiger partial charge in [-0.1, -0.05) is 12.1 Å². The number of nitrogens with one attached hydrogen (secondary N) is 1. The number of rotatable bonds is 4. The Kier molecular flexibility index (Phi) is 3.54. The van der Waals surface area contributed by atoms with Crippen molar-refractivity contribution >= 4 is 24.1 Å². The molecule has 0 fully saturated rings. The van der Waals surface area contributed by atoms with Crippen molar-refractivity contribution in [1.29, 1.82) is 0 Å². The molecule has 0 spiro atoms. The van der Waals surface area contributed by atoms with E-state index in [9.17, 15) is 4.79 Å². The first kappa shape index (κ1) is 12.1. The molecule has 0 bridgehead atoms. The summed E-state index contributed by atoms with van der Waals surface area (Å²) < 4.78 is 0. The van der Waals surface area contributed by atoms with Crippen molar-refractivity contribution in [3.63, 3.8) is 0 Å². The number of hydrazone groups is 2. The molecule has 1 atom stereocenters. The largest absolute Gasteiger partial charge is 0.480 e. The van der Waals surface area contributed by atoms with Gasteiger partial charge in [0.1, 0.15) is 6.04 Å². The molecule has 4 N–H and O–H groups in total. The third-order valence-corrected chi connectivity index (χ3v) is 2.43. The number of aliphatic carboxylic acids is 1. The number of hydrogen-bond donors (Lipinski definition) is 3. The molecular weight excluding hydrogens is 234 g/mol. The maximum atomic E-state index is 10.6. The summed E-state index contributed by atoms with van der Waals surface area (Å²) in [6, 6.07) is 6.37. The summed E-state index contributed by atoms with van der Waals surface area (Å²) in [6.45, 7) is 0. The number of anilines is 1. The second-order valence-corrected chi connectivity index (χ2v) is 3.77. The Morgan fingerprint density at radius 1 is 1.39 bits per heavy atom. The molecule has 0 aromatic heterocycles. The SMILES string of the molecule is NC(Cc1ccc(N2N=CC=NN2)cc1)C(=O)O. The minimum absolute atomic E-state index is 0.296. The third kappa shape index (κ3) is 2.83. The lowest BCUT2D eigenvalue weighted by atomic mass is 10.1. The smallest absolute Gasteiger partial charge is 0.320 e. The van der Waals surface area contributed by atoms with Gasteiger partial charge in [0.15, 0.2) is 0 Å². The summed E-state index contributed by atoms with van der Waals surface area (Å²) in [5.74, 6) is -1.00. The number of nitrogens with zero attached hydrogens (tertiary/aromatic N) is 3. The number of carboxylic acid groups (broad SMARTS) is 1. The molecule has 1 heterocycles. The van der Waals surface area contributed by atoms with Gasteiger partial charge in [-0.05, 0) is 24.1 Å². The summed E-state index contributed by atoms with van der Waals surface area (Å²) in [4.78, 5) is 10.6. The Labute approximate surface area is 104 Å². The van der Waals surface area contributed by atoms with E-state index in [1.54, 1.807) is 6.21 Å². The highest BCUT2D eigenvalue weighted by atomic mass is 16.4. The summed E-state index contributed by atoms with van der Waals surface area (Å²) in [5.41, 5.74) is 9.83. The molecule has 0 amide bonds. The lowest BCUT2D eigenvalue weighted by Gasteiger charge is -2.19. The molecule has 1 aliphatic rings. The van der Waals surface area contributed by atoms with Crippen LogP contribution in [0.4, 0.5) is 5.69 Å². The van der Waals surface area contributed by atoms with E-state index in [0.29, 0.717) is 6.42 Å². The Bertz CT molecular complexity index is 483. The average Bonchev–Trinajstić information content (AvgIpc) is 2.40. The van der Waals surface area contributed by atoms with Gasteiger partial charge in [0.2, 0.25) is 0 Å². The molecule has 1 aromatic rings. The minimum Gasteiger partial charge on any atom is -0.480 e. The van der Waals surface area contributed by atoms with Crippen LogP contribution in [0.25, 0.3) is 0 Å². The highest BCUT2D eigenvalue weighted by Gasteiger charge is 2.12. The van der Waals surface area contributed by atoms with Crippen LogP contribution < -0.4 is 16.4 Å². The van der Waals surface area contributed by atoms with Gasteiger partial charge >= 0.3 is 5.97 Å². The van der Waals surface area contributed by atoms with E-state index in [4.69, 9.17) is 10.8 Å². The van der Waals surface area contributed by atoms with Crippen molar-refractivity contribution in [3.8, 4) is 0 Å². The van der Waals surface area contributed by atoms with Crippen molar-refractivity contribution in [3.05, 3.63) is 29.8 Å². The second-order valence-electron chi connectivity index (χ2n) is 3.77. The van der Waals surface area contributed by atoms with Crippen molar-refractivity contribution < 1.29 is 9.90 Å². The maximum absolute atomic E-state index is 10.6. The Hall–Kier alpha value is -2.41. The lowest BCUT2D eigenvalue weighted by molar-refractivity contribution is -0.138. The van der Waals surface area contributed by atoms with Crippen molar-refractivity contribution in [2.24, 2.45) is 15.9 Å². The fraction of sp³-hybridized carbons (Fsp3) is 0.182. The highest BCUT2D eigenvalue weighted by molar-refractivity contribution is 6.16. The second kappa shape index (κ2) is 5.28. The summed E-state index contributed by atoms with van der Waals surface area (Å²) in [5, 5.41) is 18.1. The van der Waals surface area contributed by atoms with Gasteiger partial charge in [0.25, 0.3) is 0 Å². The van der Waals surface area contributed by atoms with Gasteiger partial charge < -0.3 is 10.8 Å². The number of carbonyl (C=O) groups is 1. The molecule has 2 rings (SSSR count). The van der Waals surface area contributed by atoms with Crippen molar-refractivity contribution in [1.82, 2.24) is 5.53 Å². The lowest BCUT2D eigenvalue weighted by Crippen LogP contribution is -2.32. The van der Waals surface area contributed by atoms with Crippen LogP contribution in [0.2, 0.25) is 0 Å². The first-order chi connectivity index (χ1) is 8.66. The first-order valence-corrected chi connectivity index (χ1v) is 5.35. The van der Waals surface area contributed by atoms with Gasteiger partial charge in [0.05, 0.1) is 18.1 Å². The minimum atomic E-state index is -1.00. The number of nitrogens with two attached hydrogens (primary N) is 1. The molecule has 7 heteroatoms. The van der Waals surface area contributed by atoms with E-state index >= 15 is 0 Å². The zero-order valence-corrected chi connectivity index (χ0v) is 9.52. The molecule has 94 valence electrons. The van der Waals surface area contributed by atoms with Crippen LogP contribution in [0.1, 0.15) is 5.56 Å². The van der Waals surface area contributed by atoms with Crippen LogP contribution >= 0.6 is 0 Å². The topological polar surface area (TPSA) is 103 Å². The van der Waals surface area contributed by atoms with Crippen LogP contribution in [-0.2, 0) is 11.2 Å². The van der Waals surface area contributed by atoms with Gasteiger partial charge in [-0.15, -0.1) is 0 Å². The van der Waals surface area contributed by atoms with Crippen molar-refractivity contribution in [2.45, 2.75) is 12.5 Å². The zero-order valence-electron chi connectivity index (χ0n) is 9.52. The fourth-order valence-electron chi connectivity index (χ4n) is 1.48. The standard InChI is InChI=1S/C11H13N5O2/c12-10(11(17)18)7-8-1-3-9(4-2-8)16-14-6-5-13-15-16/h1-6,10,15H,7,12H2,(H,17,18). The number of benzene rings is 1. The van der Waals surface area contributed by atoms with Crippen LogP contribution in [-0.4, -0.2) is 29.5 Å². The van der Waals surface area contributed by atoms with E-state index in [2.05, 4.69) is 15.7 Å². The summed E-state index contributed by atoms with van der Waals surface area (Å²) >= 11 is 0. The number of carboxylic acids is 1. The Balaban J connectivity index is 2.03. The quantitative estimate of drug-likeness (QED) is 0.691. The predicted molar refractivity (Wildman–Crippen MR) is 68.4 cm³/mol. The molecule has 0 aliphatic carbocycles. The summed E-state index contributed by atoms with van der Waals surface area (Å²) in [7, 11) is 0. The number of hydrazine groups is 1. The van der Waals surface area contributed by atoms with E-state index in [1.165, 1.54) is 11.3 Å². The zero-order chi connectivity index (χ0) is 13.0. The van der Waals surface area contributed by atoms with Crippen LogP contribution in [0.3, 0.4) is 0 Å². The fourth-order valence-corrected chi connectivity index (χ4v) is 1.48. The first-order valence-electron chi connectivity index (χ1n) is 5.35.